The van der Waals surface area contributed by atoms with E-state index in [-0.39, 0.29) is 6.61 Å². The van der Waals surface area contributed by atoms with E-state index in [1.807, 2.05) is 13.8 Å². The topological polar surface area (TPSA) is 106 Å². The normalized spacial score (nSPS) is 12.0. The summed E-state index contributed by atoms with van der Waals surface area (Å²) in [6.07, 6.45) is 1.51. The number of carbonyl (C=O) groups excluding carboxylic acids is 1. The summed E-state index contributed by atoms with van der Waals surface area (Å²) in [5, 5.41) is 11.8. The van der Waals surface area contributed by atoms with Gasteiger partial charge in [-0.15, -0.1) is 0 Å². The Balaban J connectivity index is 2.32. The average molecular weight is 347 g/mol. The molecular formula is C18H21NO6. The number of aliphatic carboxylic acids is 1. The number of benzene rings is 1. The van der Waals surface area contributed by atoms with Crippen LogP contribution < -0.4 is 15.7 Å². The van der Waals surface area contributed by atoms with Crippen LogP contribution in [-0.2, 0) is 16.0 Å². The predicted molar refractivity (Wildman–Crippen MR) is 92.0 cm³/mol. The largest absolute Gasteiger partial charge is 0.483 e. The van der Waals surface area contributed by atoms with E-state index in [2.05, 4.69) is 5.32 Å². The summed E-state index contributed by atoms with van der Waals surface area (Å²) in [7, 11) is 0. The zero-order valence-corrected chi connectivity index (χ0v) is 14.4. The van der Waals surface area contributed by atoms with Crippen LogP contribution in [-0.4, -0.2) is 29.6 Å². The van der Waals surface area contributed by atoms with Crippen LogP contribution >= 0.6 is 0 Å². The monoisotopic (exact) mass is 347 g/mol. The maximum Gasteiger partial charge on any atom is 0.336 e. The molecule has 1 aromatic carbocycles. The molecule has 25 heavy (non-hydrogen) atoms. The fourth-order valence-electron chi connectivity index (χ4n) is 2.54. The lowest BCUT2D eigenvalue weighted by Gasteiger charge is -2.14. The summed E-state index contributed by atoms with van der Waals surface area (Å²) in [5.41, 5.74) is 1.59. The molecule has 0 aliphatic carbocycles. The molecule has 2 rings (SSSR count). The maximum absolute atomic E-state index is 11.8. The number of hydrogen-bond acceptors (Lipinski definition) is 5. The Bertz CT molecular complexity index is 855. The van der Waals surface area contributed by atoms with Crippen LogP contribution in [0, 0.1) is 6.92 Å². The molecule has 0 fully saturated rings. The number of aryl methyl sites for hydroxylation is 2. The lowest BCUT2D eigenvalue weighted by atomic mass is 10.0. The molecule has 0 unspecified atom stereocenters. The van der Waals surface area contributed by atoms with Crippen molar-refractivity contribution in [3.8, 4) is 5.75 Å². The first-order valence-electron chi connectivity index (χ1n) is 8.04. The highest BCUT2D eigenvalue weighted by Crippen LogP contribution is 2.30. The molecule has 0 spiro atoms. The molecule has 1 aromatic heterocycles. The molecule has 0 aliphatic heterocycles. The summed E-state index contributed by atoms with van der Waals surface area (Å²) in [6, 6.07) is 3.93. The van der Waals surface area contributed by atoms with Gasteiger partial charge < -0.3 is 19.6 Å². The van der Waals surface area contributed by atoms with E-state index in [1.54, 1.807) is 12.1 Å². The van der Waals surface area contributed by atoms with Crippen molar-refractivity contribution in [1.82, 2.24) is 5.32 Å². The van der Waals surface area contributed by atoms with Crippen LogP contribution in [0.4, 0.5) is 0 Å². The van der Waals surface area contributed by atoms with Crippen molar-refractivity contribution in [1.29, 1.82) is 0 Å². The number of hydrogen-bond donors (Lipinski definition) is 2. The second-order valence-electron chi connectivity index (χ2n) is 5.89. The number of carboxylic acids is 1. The third kappa shape index (κ3) is 4.59. The highest BCUT2D eigenvalue weighted by atomic mass is 16.5. The van der Waals surface area contributed by atoms with E-state index < -0.39 is 23.5 Å². The van der Waals surface area contributed by atoms with E-state index >= 15 is 0 Å². The zero-order chi connectivity index (χ0) is 18.6. The standard InChI is InChI=1S/C18H21NO6/c1-4-5-12-8-16(21)25-14-7-10(2)6-13(17(12)14)24-9-15(20)19-11(3)18(22)23/h6-8,11H,4-5,9H2,1-3H3,(H,19,20)(H,22,23)/t11-/m0/s1. The summed E-state index contributed by atoms with van der Waals surface area (Å²) in [6.45, 7) is 4.86. The van der Waals surface area contributed by atoms with Crippen molar-refractivity contribution >= 4 is 22.8 Å². The highest BCUT2D eigenvalue weighted by Gasteiger charge is 2.16. The van der Waals surface area contributed by atoms with Gasteiger partial charge in [-0.1, -0.05) is 13.3 Å². The zero-order valence-electron chi connectivity index (χ0n) is 14.4. The third-order valence-corrected chi connectivity index (χ3v) is 3.66. The molecule has 0 radical (unpaired) electrons. The first-order valence-corrected chi connectivity index (χ1v) is 8.04. The summed E-state index contributed by atoms with van der Waals surface area (Å²) in [4.78, 5) is 34.3. The molecule has 1 heterocycles. The van der Waals surface area contributed by atoms with Gasteiger partial charge >= 0.3 is 11.6 Å². The smallest absolute Gasteiger partial charge is 0.336 e. The van der Waals surface area contributed by atoms with Crippen LogP contribution in [0.2, 0.25) is 0 Å². The van der Waals surface area contributed by atoms with Gasteiger partial charge in [-0.05, 0) is 43.5 Å². The fourth-order valence-corrected chi connectivity index (χ4v) is 2.54. The molecule has 1 atom stereocenters. The number of nitrogens with one attached hydrogen (secondary N) is 1. The Kier molecular flexibility index (Phi) is 5.80. The minimum atomic E-state index is -1.12. The van der Waals surface area contributed by atoms with E-state index in [0.717, 1.165) is 17.5 Å². The first kappa shape index (κ1) is 18.5. The Labute approximate surface area is 144 Å². The van der Waals surface area contributed by atoms with Crippen molar-refractivity contribution in [2.75, 3.05) is 6.61 Å². The molecule has 0 saturated carbocycles. The second-order valence-corrected chi connectivity index (χ2v) is 5.89. The molecule has 134 valence electrons. The van der Waals surface area contributed by atoms with Crippen LogP contribution in [0.5, 0.6) is 5.75 Å². The Morgan fingerprint density at radius 3 is 2.68 bits per heavy atom. The van der Waals surface area contributed by atoms with Gasteiger partial charge in [0.1, 0.15) is 17.4 Å². The summed E-state index contributed by atoms with van der Waals surface area (Å²) < 4.78 is 10.9. The van der Waals surface area contributed by atoms with Crippen molar-refractivity contribution < 1.29 is 23.8 Å². The lowest BCUT2D eigenvalue weighted by molar-refractivity contribution is -0.141. The number of rotatable bonds is 7. The van der Waals surface area contributed by atoms with E-state index in [9.17, 15) is 14.4 Å². The lowest BCUT2D eigenvalue weighted by Crippen LogP contribution is -2.40. The highest BCUT2D eigenvalue weighted by molar-refractivity contribution is 5.88. The number of amides is 1. The average Bonchev–Trinajstić information content (AvgIpc) is 2.51. The van der Waals surface area contributed by atoms with Gasteiger partial charge in [-0.3, -0.25) is 9.59 Å². The Morgan fingerprint density at radius 2 is 2.04 bits per heavy atom. The molecule has 7 nitrogen and oxygen atoms in total. The number of ether oxygens (including phenoxy) is 1. The van der Waals surface area contributed by atoms with E-state index in [1.165, 1.54) is 13.0 Å². The van der Waals surface area contributed by atoms with Gasteiger partial charge in [0.25, 0.3) is 5.91 Å². The molecule has 2 aromatic rings. The van der Waals surface area contributed by atoms with Gasteiger partial charge in [-0.2, -0.15) is 0 Å². The summed E-state index contributed by atoms with van der Waals surface area (Å²) >= 11 is 0. The van der Waals surface area contributed by atoms with E-state index in [4.69, 9.17) is 14.3 Å². The number of carbonyl (C=O) groups is 2. The Morgan fingerprint density at radius 1 is 1.32 bits per heavy atom. The van der Waals surface area contributed by atoms with Gasteiger partial charge in [-0.25, -0.2) is 4.79 Å². The quantitative estimate of drug-likeness (QED) is 0.742. The van der Waals surface area contributed by atoms with Crippen molar-refractivity contribution in [2.24, 2.45) is 0 Å². The molecule has 2 N–H and O–H groups in total. The number of carboxylic acid groups (broad SMARTS) is 1. The first-order chi connectivity index (χ1) is 11.8. The second kappa shape index (κ2) is 7.83. The fraction of sp³-hybridized carbons (Fsp3) is 0.389. The summed E-state index contributed by atoms with van der Waals surface area (Å²) in [5.74, 6) is -1.24. The minimum absolute atomic E-state index is 0.332. The van der Waals surface area contributed by atoms with Crippen LogP contribution in [0.3, 0.4) is 0 Å². The maximum atomic E-state index is 11.8. The molecule has 0 aliphatic rings. The molecule has 7 heteroatoms. The molecular weight excluding hydrogens is 326 g/mol. The van der Waals surface area contributed by atoms with Gasteiger partial charge in [0.05, 0.1) is 5.39 Å². The van der Waals surface area contributed by atoms with Crippen molar-refractivity contribution in [3.63, 3.8) is 0 Å². The number of fused-ring (bicyclic) bond motifs is 1. The SMILES string of the molecule is CCCc1cc(=O)oc2cc(C)cc(OCC(=O)N[C@@H](C)C(=O)O)c12. The predicted octanol–water partition coefficient (Wildman–Crippen LogP) is 2.02. The van der Waals surface area contributed by atoms with Crippen LogP contribution in [0.1, 0.15) is 31.4 Å². The van der Waals surface area contributed by atoms with Crippen molar-refractivity contribution in [2.45, 2.75) is 39.7 Å². The van der Waals surface area contributed by atoms with Gasteiger partial charge in [0.15, 0.2) is 6.61 Å². The van der Waals surface area contributed by atoms with Crippen LogP contribution in [0.25, 0.3) is 11.0 Å². The van der Waals surface area contributed by atoms with Gasteiger partial charge in [0, 0.05) is 6.07 Å². The molecule has 1 amide bonds. The van der Waals surface area contributed by atoms with Gasteiger partial charge in [0.2, 0.25) is 0 Å². The van der Waals surface area contributed by atoms with E-state index in [0.29, 0.717) is 23.1 Å². The minimum Gasteiger partial charge on any atom is -0.483 e. The molecule has 0 bridgehead atoms. The molecule has 0 saturated heterocycles. The Hall–Kier alpha value is -2.83. The third-order valence-electron chi connectivity index (χ3n) is 3.66. The van der Waals surface area contributed by atoms with Crippen molar-refractivity contribution in [3.05, 3.63) is 39.7 Å². The van der Waals surface area contributed by atoms with Crippen LogP contribution in [0.15, 0.2) is 27.4 Å².